The SMILES string of the molecule is Cc1ccc(S(=O)(=O)N2CCCCC2)c(C#CCCO)c1. The van der Waals surface area contributed by atoms with Crippen molar-refractivity contribution in [3.63, 3.8) is 0 Å². The van der Waals surface area contributed by atoms with Gasteiger partial charge >= 0.3 is 0 Å². The summed E-state index contributed by atoms with van der Waals surface area (Å²) in [6.45, 7) is 3.06. The average molecular weight is 307 g/mol. The maximum atomic E-state index is 12.8. The second kappa shape index (κ2) is 7.08. The van der Waals surface area contributed by atoms with Crippen LogP contribution in [0.15, 0.2) is 23.1 Å². The molecular weight excluding hydrogens is 286 g/mol. The lowest BCUT2D eigenvalue weighted by molar-refractivity contribution is 0.305. The number of piperidine rings is 1. The van der Waals surface area contributed by atoms with E-state index in [1.807, 2.05) is 6.92 Å². The first-order valence-electron chi connectivity index (χ1n) is 7.26. The lowest BCUT2D eigenvalue weighted by Crippen LogP contribution is -2.36. The van der Waals surface area contributed by atoms with Gasteiger partial charge in [0.15, 0.2) is 0 Å². The highest BCUT2D eigenvalue weighted by Crippen LogP contribution is 2.24. The summed E-state index contributed by atoms with van der Waals surface area (Å²) in [5.41, 5.74) is 1.50. The number of nitrogens with zero attached hydrogens (tertiary/aromatic N) is 1. The third-order valence-corrected chi connectivity index (χ3v) is 5.48. The molecule has 0 bridgehead atoms. The maximum Gasteiger partial charge on any atom is 0.244 e. The third kappa shape index (κ3) is 3.85. The Kier molecular flexibility index (Phi) is 5.40. The summed E-state index contributed by atoms with van der Waals surface area (Å²) >= 11 is 0. The topological polar surface area (TPSA) is 57.6 Å². The van der Waals surface area contributed by atoms with Crippen molar-refractivity contribution in [3.8, 4) is 11.8 Å². The van der Waals surface area contributed by atoms with Gasteiger partial charge in [0.2, 0.25) is 10.0 Å². The van der Waals surface area contributed by atoms with Gasteiger partial charge in [0.05, 0.1) is 11.5 Å². The van der Waals surface area contributed by atoms with E-state index in [9.17, 15) is 8.42 Å². The minimum absolute atomic E-state index is 0.0208. The van der Waals surface area contributed by atoms with Gasteiger partial charge in [0.25, 0.3) is 0 Å². The van der Waals surface area contributed by atoms with E-state index in [0.29, 0.717) is 25.1 Å². The van der Waals surface area contributed by atoms with Gasteiger partial charge in [-0.25, -0.2) is 8.42 Å². The standard InChI is InChI=1S/C16H21NO3S/c1-14-8-9-16(15(13-14)7-3-6-12-18)21(19,20)17-10-4-2-5-11-17/h8-9,13,18H,2,4-6,10-12H2,1H3. The Morgan fingerprint density at radius 3 is 2.62 bits per heavy atom. The van der Waals surface area contributed by atoms with Crippen LogP contribution >= 0.6 is 0 Å². The van der Waals surface area contributed by atoms with E-state index in [2.05, 4.69) is 11.8 Å². The summed E-state index contributed by atoms with van der Waals surface area (Å²) < 4.78 is 27.1. The molecule has 1 N–H and O–H groups in total. The number of hydrogen-bond acceptors (Lipinski definition) is 3. The van der Waals surface area contributed by atoms with Crippen LogP contribution in [0.4, 0.5) is 0 Å². The van der Waals surface area contributed by atoms with E-state index in [-0.39, 0.29) is 11.5 Å². The van der Waals surface area contributed by atoms with Crippen LogP contribution in [-0.2, 0) is 10.0 Å². The molecule has 1 aromatic carbocycles. The van der Waals surface area contributed by atoms with Crippen LogP contribution in [-0.4, -0.2) is 37.5 Å². The highest BCUT2D eigenvalue weighted by Gasteiger charge is 2.27. The van der Waals surface area contributed by atoms with Gasteiger partial charge in [-0.05, 0) is 37.5 Å². The first-order valence-corrected chi connectivity index (χ1v) is 8.70. The van der Waals surface area contributed by atoms with Crippen molar-refractivity contribution in [1.29, 1.82) is 0 Å². The number of sulfonamides is 1. The van der Waals surface area contributed by atoms with Crippen molar-refractivity contribution in [3.05, 3.63) is 29.3 Å². The Bertz CT molecular complexity index is 650. The van der Waals surface area contributed by atoms with E-state index in [1.54, 1.807) is 22.5 Å². The monoisotopic (exact) mass is 307 g/mol. The fourth-order valence-corrected chi connectivity index (χ4v) is 4.07. The summed E-state index contributed by atoms with van der Waals surface area (Å²) in [6, 6.07) is 5.23. The maximum absolute atomic E-state index is 12.8. The van der Waals surface area contributed by atoms with Crippen LogP contribution < -0.4 is 0 Å². The Morgan fingerprint density at radius 1 is 1.24 bits per heavy atom. The zero-order valence-electron chi connectivity index (χ0n) is 12.3. The minimum Gasteiger partial charge on any atom is -0.395 e. The summed E-state index contributed by atoms with van der Waals surface area (Å²) in [6.07, 6.45) is 3.26. The van der Waals surface area contributed by atoms with E-state index < -0.39 is 10.0 Å². The molecule has 0 atom stereocenters. The van der Waals surface area contributed by atoms with Gasteiger partial charge < -0.3 is 5.11 Å². The highest BCUT2D eigenvalue weighted by atomic mass is 32.2. The quantitative estimate of drug-likeness (QED) is 0.868. The number of aryl methyl sites for hydroxylation is 1. The Hall–Kier alpha value is -1.35. The molecule has 0 aromatic heterocycles. The zero-order chi connectivity index (χ0) is 15.3. The zero-order valence-corrected chi connectivity index (χ0v) is 13.1. The van der Waals surface area contributed by atoms with Crippen molar-refractivity contribution in [1.82, 2.24) is 4.31 Å². The first-order chi connectivity index (χ1) is 10.1. The minimum atomic E-state index is -3.48. The lowest BCUT2D eigenvalue weighted by Gasteiger charge is -2.26. The molecular formula is C16H21NO3S. The summed E-state index contributed by atoms with van der Waals surface area (Å²) in [7, 11) is -3.48. The third-order valence-electron chi connectivity index (χ3n) is 3.53. The normalized spacial score (nSPS) is 16.3. The van der Waals surface area contributed by atoms with Gasteiger partial charge in [-0.1, -0.05) is 24.3 Å². The van der Waals surface area contributed by atoms with Gasteiger partial charge in [-0.3, -0.25) is 0 Å². The Labute approximate surface area is 126 Å². The summed E-state index contributed by atoms with van der Waals surface area (Å²) in [4.78, 5) is 0.278. The van der Waals surface area contributed by atoms with Gasteiger partial charge in [0.1, 0.15) is 0 Å². The fourth-order valence-electron chi connectivity index (χ4n) is 2.42. The van der Waals surface area contributed by atoms with E-state index >= 15 is 0 Å². The van der Waals surface area contributed by atoms with Crippen LogP contribution in [0.5, 0.6) is 0 Å². The predicted octanol–water partition coefficient (Wildman–Crippen LogP) is 1.90. The lowest BCUT2D eigenvalue weighted by atomic mass is 10.1. The fraction of sp³-hybridized carbons (Fsp3) is 0.500. The van der Waals surface area contributed by atoms with E-state index in [0.717, 1.165) is 24.8 Å². The number of aliphatic hydroxyl groups excluding tert-OH is 1. The number of rotatable bonds is 3. The number of aliphatic hydroxyl groups is 1. The van der Waals surface area contributed by atoms with E-state index in [1.165, 1.54) is 0 Å². The van der Waals surface area contributed by atoms with E-state index in [4.69, 9.17) is 5.11 Å². The average Bonchev–Trinajstić information content (AvgIpc) is 2.48. The van der Waals surface area contributed by atoms with Crippen molar-refractivity contribution in [2.24, 2.45) is 0 Å². The van der Waals surface area contributed by atoms with Gasteiger partial charge in [-0.15, -0.1) is 0 Å². The molecule has 2 rings (SSSR count). The van der Waals surface area contributed by atoms with Crippen molar-refractivity contribution < 1.29 is 13.5 Å². The second-order valence-electron chi connectivity index (χ2n) is 5.24. The molecule has 114 valence electrons. The largest absolute Gasteiger partial charge is 0.395 e. The molecule has 1 heterocycles. The van der Waals surface area contributed by atoms with Crippen LogP contribution in [0.2, 0.25) is 0 Å². The molecule has 0 aliphatic carbocycles. The molecule has 0 unspecified atom stereocenters. The smallest absolute Gasteiger partial charge is 0.244 e. The van der Waals surface area contributed by atoms with Crippen molar-refractivity contribution in [2.45, 2.75) is 37.5 Å². The predicted molar refractivity (Wildman–Crippen MR) is 82.4 cm³/mol. The molecule has 1 aliphatic heterocycles. The van der Waals surface area contributed by atoms with Crippen LogP contribution in [0.25, 0.3) is 0 Å². The van der Waals surface area contributed by atoms with Crippen molar-refractivity contribution >= 4 is 10.0 Å². The second-order valence-corrected chi connectivity index (χ2v) is 7.15. The molecule has 0 radical (unpaired) electrons. The molecule has 0 saturated carbocycles. The molecule has 1 aliphatic rings. The number of hydrogen-bond donors (Lipinski definition) is 1. The Balaban J connectivity index is 2.40. The molecule has 5 heteroatoms. The Morgan fingerprint density at radius 2 is 1.95 bits per heavy atom. The molecule has 1 aromatic rings. The molecule has 1 saturated heterocycles. The molecule has 0 spiro atoms. The van der Waals surface area contributed by atoms with Crippen LogP contribution in [0.3, 0.4) is 0 Å². The van der Waals surface area contributed by atoms with Crippen LogP contribution in [0, 0.1) is 18.8 Å². The van der Waals surface area contributed by atoms with Gasteiger partial charge in [0, 0.05) is 25.1 Å². The molecule has 1 fully saturated rings. The van der Waals surface area contributed by atoms with Crippen molar-refractivity contribution in [2.75, 3.05) is 19.7 Å². The van der Waals surface area contributed by atoms with Gasteiger partial charge in [-0.2, -0.15) is 4.31 Å². The van der Waals surface area contributed by atoms with Crippen LogP contribution in [0.1, 0.15) is 36.8 Å². The molecule has 21 heavy (non-hydrogen) atoms. The summed E-state index contributed by atoms with van der Waals surface area (Å²) in [5.74, 6) is 5.70. The molecule has 0 amide bonds. The highest BCUT2D eigenvalue weighted by molar-refractivity contribution is 7.89. The number of benzene rings is 1. The molecule has 4 nitrogen and oxygen atoms in total. The first kappa shape index (κ1) is 16.0. The summed E-state index contributed by atoms with van der Waals surface area (Å²) in [5, 5.41) is 8.80.